The predicted molar refractivity (Wildman–Crippen MR) is 107 cm³/mol. The van der Waals surface area contributed by atoms with Crippen LogP contribution in [0.2, 0.25) is 0 Å². The second-order valence-corrected chi connectivity index (χ2v) is 6.63. The van der Waals surface area contributed by atoms with Crippen LogP contribution in [-0.4, -0.2) is 35.3 Å². The maximum absolute atomic E-state index is 13.2. The average Bonchev–Trinajstić information content (AvgIpc) is 3.09. The minimum atomic E-state index is -1.49. The van der Waals surface area contributed by atoms with Crippen LogP contribution >= 0.6 is 0 Å². The molecule has 0 fully saturated rings. The molecule has 0 aliphatic carbocycles. The zero-order valence-electron chi connectivity index (χ0n) is 16.0. The van der Waals surface area contributed by atoms with Crippen molar-refractivity contribution in [3.63, 3.8) is 0 Å². The van der Waals surface area contributed by atoms with E-state index < -0.39 is 17.4 Å². The Morgan fingerprint density at radius 1 is 1.11 bits per heavy atom. The largest absolute Gasteiger partial charge is 0.479 e. The van der Waals surface area contributed by atoms with Crippen molar-refractivity contribution < 1.29 is 19.4 Å². The number of carboxylic acids is 1. The van der Waals surface area contributed by atoms with E-state index in [9.17, 15) is 14.7 Å². The van der Waals surface area contributed by atoms with Crippen LogP contribution in [0, 0.1) is 0 Å². The highest BCUT2D eigenvalue weighted by atomic mass is 16.5. The maximum Gasteiger partial charge on any atom is 0.334 e. The van der Waals surface area contributed by atoms with Gasteiger partial charge >= 0.3 is 5.97 Å². The van der Waals surface area contributed by atoms with Gasteiger partial charge in [-0.3, -0.25) is 4.79 Å². The predicted octanol–water partition coefficient (Wildman–Crippen LogP) is 3.41. The van der Waals surface area contributed by atoms with Crippen LogP contribution in [0.5, 0.6) is 0 Å². The summed E-state index contributed by atoms with van der Waals surface area (Å²) in [6.45, 7) is 2.86. The molecule has 0 saturated carbocycles. The number of nitrogens with zero attached hydrogens (tertiary/aromatic N) is 1. The van der Waals surface area contributed by atoms with Gasteiger partial charge in [-0.25, -0.2) is 4.79 Å². The van der Waals surface area contributed by atoms with Crippen LogP contribution in [0.15, 0.2) is 60.8 Å². The Morgan fingerprint density at radius 2 is 1.79 bits per heavy atom. The molecular weight excluding hydrogens is 356 g/mol. The van der Waals surface area contributed by atoms with Crippen molar-refractivity contribution in [2.75, 3.05) is 13.7 Å². The summed E-state index contributed by atoms with van der Waals surface area (Å²) < 4.78 is 7.10. The standard InChI is InChI=1S/C22H24N2O4/c1-3-22(21(26)27,16-9-5-4-6-10-16)23-20(25)18-15-24(13-14-28-2)19-12-8-7-11-17(18)19/h4-12,15H,3,13-14H2,1-2H3,(H,23,25)(H,26,27). The van der Waals surface area contributed by atoms with Crippen molar-refractivity contribution in [3.05, 3.63) is 71.9 Å². The molecule has 1 heterocycles. The van der Waals surface area contributed by atoms with E-state index in [1.165, 1.54) is 0 Å². The van der Waals surface area contributed by atoms with E-state index in [4.69, 9.17) is 4.74 Å². The van der Waals surface area contributed by atoms with Gasteiger partial charge in [-0.2, -0.15) is 0 Å². The highest BCUT2D eigenvalue weighted by Gasteiger charge is 2.40. The Hall–Kier alpha value is -3.12. The van der Waals surface area contributed by atoms with E-state index in [-0.39, 0.29) is 6.42 Å². The van der Waals surface area contributed by atoms with Gasteiger partial charge in [0, 0.05) is 30.8 Å². The number of para-hydroxylation sites is 1. The summed E-state index contributed by atoms with van der Waals surface area (Å²) in [6, 6.07) is 16.4. The summed E-state index contributed by atoms with van der Waals surface area (Å²) in [5.74, 6) is -1.50. The van der Waals surface area contributed by atoms with E-state index in [0.717, 1.165) is 10.9 Å². The Kier molecular flexibility index (Phi) is 5.80. The molecule has 1 unspecified atom stereocenters. The van der Waals surface area contributed by atoms with Crippen LogP contribution in [0.4, 0.5) is 0 Å². The molecular formula is C22H24N2O4. The highest BCUT2D eigenvalue weighted by Crippen LogP contribution is 2.28. The average molecular weight is 380 g/mol. The zero-order chi connectivity index (χ0) is 20.1. The molecule has 0 aliphatic heterocycles. The summed E-state index contributed by atoms with van der Waals surface area (Å²) in [5, 5.41) is 13.5. The molecule has 2 N–H and O–H groups in total. The first-order chi connectivity index (χ1) is 13.5. The van der Waals surface area contributed by atoms with Crippen molar-refractivity contribution in [3.8, 4) is 0 Å². The smallest absolute Gasteiger partial charge is 0.334 e. The number of aliphatic carboxylic acids is 1. The molecule has 1 atom stereocenters. The molecule has 28 heavy (non-hydrogen) atoms. The normalized spacial score (nSPS) is 13.2. The minimum Gasteiger partial charge on any atom is -0.479 e. The fourth-order valence-corrected chi connectivity index (χ4v) is 3.48. The molecule has 6 heteroatoms. The highest BCUT2D eigenvalue weighted by molar-refractivity contribution is 6.08. The van der Waals surface area contributed by atoms with Gasteiger partial charge in [0.05, 0.1) is 12.2 Å². The van der Waals surface area contributed by atoms with Crippen LogP contribution in [0.25, 0.3) is 10.9 Å². The van der Waals surface area contributed by atoms with Crippen molar-refractivity contribution in [2.24, 2.45) is 0 Å². The number of rotatable bonds is 8. The van der Waals surface area contributed by atoms with Gasteiger partial charge < -0.3 is 19.7 Å². The van der Waals surface area contributed by atoms with Gasteiger partial charge in [-0.05, 0) is 18.1 Å². The number of amides is 1. The zero-order valence-corrected chi connectivity index (χ0v) is 16.0. The lowest BCUT2D eigenvalue weighted by atomic mass is 9.87. The molecule has 1 amide bonds. The first-order valence-corrected chi connectivity index (χ1v) is 9.21. The lowest BCUT2D eigenvalue weighted by molar-refractivity contribution is -0.145. The summed E-state index contributed by atoms with van der Waals surface area (Å²) in [5.41, 5.74) is 0.402. The van der Waals surface area contributed by atoms with Gasteiger partial charge in [-0.1, -0.05) is 55.5 Å². The lowest BCUT2D eigenvalue weighted by Gasteiger charge is -2.30. The summed E-state index contributed by atoms with van der Waals surface area (Å²) in [7, 11) is 1.63. The molecule has 1 aromatic heterocycles. The quantitative estimate of drug-likeness (QED) is 0.628. The second-order valence-electron chi connectivity index (χ2n) is 6.63. The Balaban J connectivity index is 2.02. The molecule has 0 saturated heterocycles. The topological polar surface area (TPSA) is 80.6 Å². The third kappa shape index (κ3) is 3.51. The van der Waals surface area contributed by atoms with Crippen molar-refractivity contribution >= 4 is 22.8 Å². The van der Waals surface area contributed by atoms with Crippen molar-refractivity contribution in [1.29, 1.82) is 0 Å². The number of hydrogen-bond donors (Lipinski definition) is 2. The van der Waals surface area contributed by atoms with Crippen LogP contribution in [0.1, 0.15) is 29.3 Å². The second kappa shape index (κ2) is 8.27. The van der Waals surface area contributed by atoms with E-state index >= 15 is 0 Å². The van der Waals surface area contributed by atoms with Crippen molar-refractivity contribution in [1.82, 2.24) is 9.88 Å². The van der Waals surface area contributed by atoms with E-state index in [1.54, 1.807) is 44.5 Å². The Labute approximate surface area is 163 Å². The van der Waals surface area contributed by atoms with E-state index in [0.29, 0.717) is 24.3 Å². The maximum atomic E-state index is 13.2. The van der Waals surface area contributed by atoms with Gasteiger partial charge in [0.2, 0.25) is 0 Å². The lowest BCUT2D eigenvalue weighted by Crippen LogP contribution is -2.51. The summed E-state index contributed by atoms with van der Waals surface area (Å²) in [4.78, 5) is 25.4. The van der Waals surface area contributed by atoms with Crippen LogP contribution < -0.4 is 5.32 Å². The Morgan fingerprint density at radius 3 is 2.43 bits per heavy atom. The van der Waals surface area contributed by atoms with Gasteiger partial charge in [0.1, 0.15) is 0 Å². The number of aromatic nitrogens is 1. The number of carbonyl (C=O) groups excluding carboxylic acids is 1. The molecule has 2 aromatic carbocycles. The first kappa shape index (κ1) is 19.6. The summed E-state index contributed by atoms with van der Waals surface area (Å²) >= 11 is 0. The molecule has 0 bridgehead atoms. The first-order valence-electron chi connectivity index (χ1n) is 9.21. The van der Waals surface area contributed by atoms with Gasteiger partial charge in [0.15, 0.2) is 5.54 Å². The number of methoxy groups -OCH3 is 1. The third-order valence-electron chi connectivity index (χ3n) is 5.06. The number of ether oxygens (including phenoxy) is 1. The number of carboxylic acid groups (broad SMARTS) is 1. The third-order valence-corrected chi connectivity index (χ3v) is 5.06. The Bertz CT molecular complexity index is 981. The summed E-state index contributed by atoms with van der Waals surface area (Å²) in [6.07, 6.45) is 1.98. The molecule has 3 rings (SSSR count). The van der Waals surface area contributed by atoms with E-state index in [2.05, 4.69) is 5.32 Å². The molecule has 0 radical (unpaired) electrons. The number of benzene rings is 2. The fraction of sp³-hybridized carbons (Fsp3) is 0.273. The number of hydrogen-bond acceptors (Lipinski definition) is 3. The molecule has 146 valence electrons. The number of nitrogens with one attached hydrogen (secondary N) is 1. The SMILES string of the molecule is CCC(NC(=O)c1cn(CCOC)c2ccccc12)(C(=O)O)c1ccccc1. The van der Waals surface area contributed by atoms with Crippen molar-refractivity contribution in [2.45, 2.75) is 25.4 Å². The van der Waals surface area contributed by atoms with E-state index in [1.807, 2.05) is 34.9 Å². The monoisotopic (exact) mass is 380 g/mol. The minimum absolute atomic E-state index is 0.223. The molecule has 3 aromatic rings. The fourth-order valence-electron chi connectivity index (χ4n) is 3.48. The number of carbonyl (C=O) groups is 2. The molecule has 0 spiro atoms. The number of fused-ring (bicyclic) bond motifs is 1. The van der Waals surface area contributed by atoms with Gasteiger partial charge in [0.25, 0.3) is 5.91 Å². The molecule has 6 nitrogen and oxygen atoms in total. The van der Waals surface area contributed by atoms with Crippen LogP contribution in [-0.2, 0) is 21.6 Å². The van der Waals surface area contributed by atoms with Gasteiger partial charge in [-0.15, -0.1) is 0 Å². The molecule has 0 aliphatic rings. The van der Waals surface area contributed by atoms with Crippen LogP contribution in [0.3, 0.4) is 0 Å².